The number of hydrogen-bond acceptors (Lipinski definition) is 3. The smallest absolute Gasteiger partial charge is 0.170 e. The lowest BCUT2D eigenvalue weighted by Gasteiger charge is -1.99. The third-order valence-corrected chi connectivity index (χ3v) is 2.26. The van der Waals surface area contributed by atoms with E-state index in [2.05, 4.69) is 4.98 Å². The molecule has 4 nitrogen and oxygen atoms in total. The summed E-state index contributed by atoms with van der Waals surface area (Å²) in [5.74, 6) is 0.714. The molecule has 0 radical (unpaired) electrons. The van der Waals surface area contributed by atoms with Gasteiger partial charge in [-0.3, -0.25) is 4.79 Å². The number of aromatic nitrogens is 2. The molecule has 72 valence electrons. The summed E-state index contributed by atoms with van der Waals surface area (Å²) in [6, 6.07) is 3.86. The topological polar surface area (TPSA) is 60.4 Å². The predicted molar refractivity (Wildman–Crippen MR) is 53.2 cm³/mol. The van der Waals surface area contributed by atoms with Crippen LogP contribution in [-0.2, 0) is 6.54 Å². The van der Waals surface area contributed by atoms with Crippen LogP contribution in [0.15, 0.2) is 18.3 Å². The van der Waals surface area contributed by atoms with Gasteiger partial charge in [0, 0.05) is 6.20 Å². The summed E-state index contributed by atoms with van der Waals surface area (Å²) in [6.07, 6.45) is 2.63. The van der Waals surface area contributed by atoms with Gasteiger partial charge in [-0.1, -0.05) is 6.07 Å². The van der Waals surface area contributed by atoms with Gasteiger partial charge < -0.3 is 10.1 Å². The van der Waals surface area contributed by atoms with E-state index in [0.717, 1.165) is 17.4 Å². The summed E-state index contributed by atoms with van der Waals surface area (Å²) < 4.78 is 1.86. The quantitative estimate of drug-likeness (QED) is 0.714. The fourth-order valence-corrected chi connectivity index (χ4v) is 1.63. The van der Waals surface area contributed by atoms with Gasteiger partial charge in [-0.25, -0.2) is 4.98 Å². The Bertz CT molecular complexity index is 487. The number of nitrogens with zero attached hydrogens (tertiary/aromatic N) is 2. The summed E-state index contributed by atoms with van der Waals surface area (Å²) >= 11 is 0. The molecule has 0 aliphatic heterocycles. The van der Waals surface area contributed by atoms with Crippen LogP contribution in [0, 0.1) is 6.92 Å². The van der Waals surface area contributed by atoms with Crippen molar-refractivity contribution in [2.45, 2.75) is 13.5 Å². The van der Waals surface area contributed by atoms with Crippen molar-refractivity contribution in [3.05, 3.63) is 35.4 Å². The molecule has 2 N–H and O–H groups in total. The van der Waals surface area contributed by atoms with Gasteiger partial charge in [0.2, 0.25) is 0 Å². The van der Waals surface area contributed by atoms with E-state index in [9.17, 15) is 4.79 Å². The van der Waals surface area contributed by atoms with E-state index in [1.807, 2.05) is 29.7 Å². The Morgan fingerprint density at radius 1 is 1.64 bits per heavy atom. The van der Waals surface area contributed by atoms with Crippen LogP contribution in [0.1, 0.15) is 21.9 Å². The molecule has 2 aromatic rings. The highest BCUT2D eigenvalue weighted by molar-refractivity contribution is 5.85. The zero-order chi connectivity index (χ0) is 10.1. The van der Waals surface area contributed by atoms with Gasteiger partial charge in [-0.15, -0.1) is 0 Å². The van der Waals surface area contributed by atoms with Crippen molar-refractivity contribution in [2.24, 2.45) is 5.73 Å². The number of rotatable bonds is 2. The van der Waals surface area contributed by atoms with Gasteiger partial charge in [-0.2, -0.15) is 0 Å². The molecule has 0 unspecified atom stereocenters. The molecule has 0 aromatic carbocycles. The molecule has 0 saturated heterocycles. The first-order chi connectivity index (χ1) is 6.77. The van der Waals surface area contributed by atoms with Crippen molar-refractivity contribution in [1.29, 1.82) is 0 Å². The number of imidazole rings is 1. The molecule has 4 heteroatoms. The van der Waals surface area contributed by atoms with Gasteiger partial charge in [0.05, 0.1) is 12.1 Å². The van der Waals surface area contributed by atoms with Crippen LogP contribution < -0.4 is 5.73 Å². The van der Waals surface area contributed by atoms with Crippen LogP contribution >= 0.6 is 0 Å². The normalized spacial score (nSPS) is 10.7. The lowest BCUT2D eigenvalue weighted by Crippen LogP contribution is -2.02. The summed E-state index contributed by atoms with van der Waals surface area (Å²) in [7, 11) is 0. The van der Waals surface area contributed by atoms with Gasteiger partial charge >= 0.3 is 0 Å². The third-order valence-electron chi connectivity index (χ3n) is 2.26. The summed E-state index contributed by atoms with van der Waals surface area (Å²) in [6.45, 7) is 2.28. The molecule has 0 bridgehead atoms. The maximum absolute atomic E-state index is 10.8. The van der Waals surface area contributed by atoms with Crippen molar-refractivity contribution in [3.8, 4) is 0 Å². The molecule has 0 atom stereocenters. The Labute approximate surface area is 81.4 Å². The lowest BCUT2D eigenvalue weighted by molar-refractivity contribution is 0.112. The number of hydrogen-bond donors (Lipinski definition) is 1. The maximum Gasteiger partial charge on any atom is 0.170 e. The first-order valence-corrected chi connectivity index (χ1v) is 4.39. The molecular formula is C10H11N3O. The summed E-state index contributed by atoms with van der Waals surface area (Å²) in [4.78, 5) is 14.9. The second kappa shape index (κ2) is 3.23. The molecule has 0 aliphatic carbocycles. The monoisotopic (exact) mass is 189 g/mol. The molecule has 2 heterocycles. The fraction of sp³-hybridized carbons (Fsp3) is 0.200. The minimum atomic E-state index is 0.332. The van der Waals surface area contributed by atoms with Crippen LogP contribution in [-0.4, -0.2) is 15.7 Å². The average molecular weight is 189 g/mol. The van der Waals surface area contributed by atoms with Crippen LogP contribution in [0.25, 0.3) is 5.52 Å². The molecular weight excluding hydrogens is 178 g/mol. The van der Waals surface area contributed by atoms with Crippen molar-refractivity contribution < 1.29 is 4.79 Å². The van der Waals surface area contributed by atoms with E-state index in [-0.39, 0.29) is 0 Å². The molecule has 2 aromatic heterocycles. The highest BCUT2D eigenvalue weighted by Gasteiger charge is 2.10. The van der Waals surface area contributed by atoms with E-state index in [1.165, 1.54) is 0 Å². The van der Waals surface area contributed by atoms with E-state index in [4.69, 9.17) is 5.73 Å². The van der Waals surface area contributed by atoms with E-state index in [0.29, 0.717) is 18.1 Å². The first kappa shape index (κ1) is 8.90. The van der Waals surface area contributed by atoms with Gasteiger partial charge in [0.25, 0.3) is 0 Å². The molecule has 0 aliphatic rings. The van der Waals surface area contributed by atoms with E-state index >= 15 is 0 Å². The minimum absolute atomic E-state index is 0.332. The van der Waals surface area contributed by atoms with Crippen molar-refractivity contribution >= 4 is 11.8 Å². The Balaban J connectivity index is 2.89. The summed E-state index contributed by atoms with van der Waals surface area (Å²) in [5, 5.41) is 0. The van der Waals surface area contributed by atoms with Crippen LogP contribution in [0.3, 0.4) is 0 Å². The number of aldehydes is 1. The highest BCUT2D eigenvalue weighted by atomic mass is 16.1. The van der Waals surface area contributed by atoms with E-state index < -0.39 is 0 Å². The van der Waals surface area contributed by atoms with Crippen molar-refractivity contribution in [3.63, 3.8) is 0 Å². The Morgan fingerprint density at radius 2 is 2.43 bits per heavy atom. The number of pyridine rings is 1. The number of fused-ring (bicyclic) bond motifs is 1. The SMILES string of the molecule is Cc1cccn2c(CN)nc(C=O)c12. The third kappa shape index (κ3) is 1.12. The number of nitrogens with two attached hydrogens (primary N) is 1. The average Bonchev–Trinajstić information content (AvgIpc) is 2.57. The fourth-order valence-electron chi connectivity index (χ4n) is 1.63. The second-order valence-electron chi connectivity index (χ2n) is 3.15. The lowest BCUT2D eigenvalue weighted by atomic mass is 10.2. The zero-order valence-corrected chi connectivity index (χ0v) is 7.90. The standard InChI is InChI=1S/C10H11N3O/c1-7-3-2-4-13-9(5-11)12-8(6-14)10(7)13/h2-4,6H,5,11H2,1H3. The molecule has 0 amide bonds. The molecule has 0 spiro atoms. The van der Waals surface area contributed by atoms with Crippen molar-refractivity contribution in [2.75, 3.05) is 0 Å². The minimum Gasteiger partial charge on any atom is -0.324 e. The Morgan fingerprint density at radius 3 is 3.07 bits per heavy atom. The zero-order valence-electron chi connectivity index (χ0n) is 7.90. The molecule has 2 rings (SSSR count). The molecule has 0 saturated carbocycles. The second-order valence-corrected chi connectivity index (χ2v) is 3.15. The van der Waals surface area contributed by atoms with Crippen LogP contribution in [0.2, 0.25) is 0 Å². The van der Waals surface area contributed by atoms with Crippen LogP contribution in [0.4, 0.5) is 0 Å². The maximum atomic E-state index is 10.8. The highest BCUT2D eigenvalue weighted by Crippen LogP contribution is 2.15. The molecule has 0 fully saturated rings. The van der Waals surface area contributed by atoms with E-state index in [1.54, 1.807) is 0 Å². The Hall–Kier alpha value is -1.68. The first-order valence-electron chi connectivity index (χ1n) is 4.39. The molecule has 14 heavy (non-hydrogen) atoms. The van der Waals surface area contributed by atoms with Gasteiger partial charge in [-0.05, 0) is 18.6 Å². The number of aryl methyl sites for hydroxylation is 1. The van der Waals surface area contributed by atoms with Crippen molar-refractivity contribution in [1.82, 2.24) is 9.38 Å². The number of carbonyl (C=O) groups is 1. The largest absolute Gasteiger partial charge is 0.324 e. The van der Waals surface area contributed by atoms with Gasteiger partial charge in [0.1, 0.15) is 11.5 Å². The summed E-state index contributed by atoms with van der Waals surface area (Å²) in [5.41, 5.74) is 7.88. The predicted octanol–water partition coefficient (Wildman–Crippen LogP) is 0.914. The van der Waals surface area contributed by atoms with Crippen LogP contribution in [0.5, 0.6) is 0 Å². The Kier molecular flexibility index (Phi) is 2.05. The number of carbonyl (C=O) groups excluding carboxylic acids is 1. The van der Waals surface area contributed by atoms with Gasteiger partial charge in [0.15, 0.2) is 6.29 Å².